The van der Waals surface area contributed by atoms with Gasteiger partial charge >= 0.3 is 0 Å². The molecule has 0 fully saturated rings. The molecule has 2 rings (SSSR count). The van der Waals surface area contributed by atoms with Crippen LogP contribution in [-0.2, 0) is 0 Å². The number of hydrazone groups is 1. The molecule has 4 N–H and O–H groups in total. The molecule has 0 saturated heterocycles. The summed E-state index contributed by atoms with van der Waals surface area (Å²) < 4.78 is 0. The Morgan fingerprint density at radius 3 is 2.83 bits per heavy atom. The Balaban J connectivity index is 2.44. The number of nitrogens with two attached hydrogens (primary N) is 1. The van der Waals surface area contributed by atoms with Gasteiger partial charge in [-0.1, -0.05) is 12.1 Å². The van der Waals surface area contributed by atoms with E-state index < -0.39 is 0 Å². The number of phenolic OH excluding ortho intramolecular Hbond substituents is 1. The number of nitrogen functional groups attached to an aromatic ring is 1. The SMILES string of the molecule is C/C=N\Nc1cc(-c2ccccc2O)nnc1N. The van der Waals surface area contributed by atoms with Crippen molar-refractivity contribution in [2.75, 3.05) is 11.2 Å². The number of aromatic nitrogens is 2. The van der Waals surface area contributed by atoms with Crippen molar-refractivity contribution in [2.45, 2.75) is 6.92 Å². The second-order valence-corrected chi connectivity index (χ2v) is 3.54. The van der Waals surface area contributed by atoms with Crippen LogP contribution in [-0.4, -0.2) is 21.5 Å². The minimum absolute atomic E-state index is 0.140. The molecule has 0 aliphatic heterocycles. The Kier molecular flexibility index (Phi) is 3.38. The van der Waals surface area contributed by atoms with Crippen LogP contribution in [0.1, 0.15) is 6.92 Å². The van der Waals surface area contributed by atoms with E-state index in [1.165, 1.54) is 0 Å². The van der Waals surface area contributed by atoms with Crippen LogP contribution in [0.3, 0.4) is 0 Å². The van der Waals surface area contributed by atoms with Gasteiger partial charge in [-0.3, -0.25) is 5.43 Å². The molecule has 0 amide bonds. The summed E-state index contributed by atoms with van der Waals surface area (Å²) in [5.41, 5.74) is 10.1. The zero-order valence-corrected chi connectivity index (χ0v) is 9.83. The second-order valence-electron chi connectivity index (χ2n) is 3.54. The first-order valence-electron chi connectivity index (χ1n) is 5.37. The van der Waals surface area contributed by atoms with E-state index in [0.717, 1.165) is 0 Å². The van der Waals surface area contributed by atoms with Crippen molar-refractivity contribution in [1.82, 2.24) is 10.2 Å². The third-order valence-corrected chi connectivity index (χ3v) is 2.32. The highest BCUT2D eigenvalue weighted by Gasteiger charge is 2.08. The maximum Gasteiger partial charge on any atom is 0.171 e. The number of phenols is 1. The summed E-state index contributed by atoms with van der Waals surface area (Å²) >= 11 is 0. The third kappa shape index (κ3) is 2.37. The van der Waals surface area contributed by atoms with Crippen molar-refractivity contribution in [1.29, 1.82) is 0 Å². The summed E-state index contributed by atoms with van der Waals surface area (Å²) in [7, 11) is 0. The predicted molar refractivity (Wildman–Crippen MR) is 71.3 cm³/mol. The molecule has 6 nitrogen and oxygen atoms in total. The Morgan fingerprint density at radius 1 is 1.33 bits per heavy atom. The molecular weight excluding hydrogens is 230 g/mol. The molecule has 0 spiro atoms. The Bertz CT molecular complexity index is 582. The van der Waals surface area contributed by atoms with Crippen LogP contribution in [0.15, 0.2) is 35.4 Å². The van der Waals surface area contributed by atoms with Crippen molar-refractivity contribution in [3.63, 3.8) is 0 Å². The number of anilines is 2. The van der Waals surface area contributed by atoms with E-state index in [2.05, 4.69) is 20.7 Å². The van der Waals surface area contributed by atoms with Gasteiger partial charge in [-0.25, -0.2) is 0 Å². The van der Waals surface area contributed by atoms with Gasteiger partial charge in [0.05, 0.1) is 5.69 Å². The van der Waals surface area contributed by atoms with E-state index in [9.17, 15) is 5.11 Å². The van der Waals surface area contributed by atoms with Gasteiger partial charge < -0.3 is 10.8 Å². The Hall–Kier alpha value is -2.63. The molecule has 0 aliphatic rings. The van der Waals surface area contributed by atoms with E-state index in [0.29, 0.717) is 16.9 Å². The summed E-state index contributed by atoms with van der Waals surface area (Å²) in [5.74, 6) is 0.390. The molecule has 1 aromatic carbocycles. The number of benzene rings is 1. The molecular formula is C12H13N5O. The molecule has 0 unspecified atom stereocenters. The minimum Gasteiger partial charge on any atom is -0.507 e. The number of nitrogens with zero attached hydrogens (tertiary/aromatic N) is 3. The molecule has 18 heavy (non-hydrogen) atoms. The van der Waals surface area contributed by atoms with Gasteiger partial charge in [-0.05, 0) is 25.1 Å². The van der Waals surface area contributed by atoms with Crippen molar-refractivity contribution >= 4 is 17.7 Å². The second kappa shape index (κ2) is 5.13. The van der Waals surface area contributed by atoms with Crippen LogP contribution in [0.4, 0.5) is 11.5 Å². The lowest BCUT2D eigenvalue weighted by Crippen LogP contribution is -2.01. The third-order valence-electron chi connectivity index (χ3n) is 2.32. The lowest BCUT2D eigenvalue weighted by Gasteiger charge is -2.07. The number of para-hydroxylation sites is 1. The maximum atomic E-state index is 9.75. The van der Waals surface area contributed by atoms with Gasteiger partial charge in [0.2, 0.25) is 0 Å². The summed E-state index contributed by atoms with van der Waals surface area (Å²) in [6.07, 6.45) is 1.60. The fourth-order valence-corrected chi connectivity index (χ4v) is 1.45. The van der Waals surface area contributed by atoms with Crippen molar-refractivity contribution < 1.29 is 5.11 Å². The fourth-order valence-electron chi connectivity index (χ4n) is 1.45. The van der Waals surface area contributed by atoms with Crippen LogP contribution in [0, 0.1) is 0 Å². The predicted octanol–water partition coefficient (Wildman–Crippen LogP) is 1.85. The minimum atomic E-state index is 0.140. The quantitative estimate of drug-likeness (QED) is 0.564. The van der Waals surface area contributed by atoms with E-state index >= 15 is 0 Å². The van der Waals surface area contributed by atoms with Crippen molar-refractivity contribution in [3.8, 4) is 17.0 Å². The average Bonchev–Trinajstić information content (AvgIpc) is 2.39. The normalized spacial score (nSPS) is 10.7. The molecule has 1 heterocycles. The fraction of sp³-hybridized carbons (Fsp3) is 0.0833. The Morgan fingerprint density at radius 2 is 2.11 bits per heavy atom. The molecule has 6 heteroatoms. The van der Waals surface area contributed by atoms with Gasteiger partial charge in [0.15, 0.2) is 5.82 Å². The molecule has 2 aromatic rings. The van der Waals surface area contributed by atoms with E-state index in [4.69, 9.17) is 5.73 Å². The zero-order valence-electron chi connectivity index (χ0n) is 9.83. The topological polar surface area (TPSA) is 96.4 Å². The summed E-state index contributed by atoms with van der Waals surface area (Å²) in [6.45, 7) is 1.78. The highest BCUT2D eigenvalue weighted by atomic mass is 16.3. The lowest BCUT2D eigenvalue weighted by molar-refractivity contribution is 0.477. The largest absolute Gasteiger partial charge is 0.507 e. The first kappa shape index (κ1) is 11.8. The number of aromatic hydroxyl groups is 1. The maximum absolute atomic E-state index is 9.75. The molecule has 92 valence electrons. The van der Waals surface area contributed by atoms with Gasteiger partial charge in [-0.2, -0.15) is 5.10 Å². The van der Waals surface area contributed by atoms with E-state index in [-0.39, 0.29) is 11.6 Å². The van der Waals surface area contributed by atoms with Crippen LogP contribution in [0.25, 0.3) is 11.3 Å². The van der Waals surface area contributed by atoms with Crippen LogP contribution < -0.4 is 11.2 Å². The average molecular weight is 243 g/mol. The number of hydrogen-bond acceptors (Lipinski definition) is 6. The van der Waals surface area contributed by atoms with Gasteiger partial charge in [0.1, 0.15) is 11.4 Å². The summed E-state index contributed by atoms with van der Waals surface area (Å²) in [6, 6.07) is 8.58. The van der Waals surface area contributed by atoms with Crippen LogP contribution in [0.2, 0.25) is 0 Å². The molecule has 0 radical (unpaired) electrons. The highest BCUT2D eigenvalue weighted by Crippen LogP contribution is 2.29. The summed E-state index contributed by atoms with van der Waals surface area (Å²) in [4.78, 5) is 0. The van der Waals surface area contributed by atoms with Gasteiger partial charge in [0.25, 0.3) is 0 Å². The monoisotopic (exact) mass is 243 g/mol. The first-order valence-corrected chi connectivity index (χ1v) is 5.37. The number of nitrogens with one attached hydrogen (secondary N) is 1. The number of hydrogen-bond donors (Lipinski definition) is 3. The highest BCUT2D eigenvalue weighted by molar-refractivity contribution is 5.73. The first-order chi connectivity index (χ1) is 8.72. The van der Waals surface area contributed by atoms with Gasteiger partial charge in [-0.15, -0.1) is 10.2 Å². The smallest absolute Gasteiger partial charge is 0.171 e. The lowest BCUT2D eigenvalue weighted by atomic mass is 10.1. The van der Waals surface area contributed by atoms with E-state index in [1.807, 2.05) is 6.07 Å². The standard InChI is InChI=1S/C12H13N5O/c1-2-14-15-10-7-9(16-17-12(10)13)8-5-3-4-6-11(8)18/h2-7,18H,1H3,(H2,13,17)(H,15,16)/b14-2-. The molecule has 0 saturated carbocycles. The summed E-state index contributed by atoms with van der Waals surface area (Å²) in [5, 5.41) is 21.4. The Labute approximate surface area is 104 Å². The van der Waals surface area contributed by atoms with Crippen LogP contribution in [0.5, 0.6) is 5.75 Å². The molecule has 1 aromatic heterocycles. The van der Waals surface area contributed by atoms with Crippen molar-refractivity contribution in [2.24, 2.45) is 5.10 Å². The zero-order chi connectivity index (χ0) is 13.0. The van der Waals surface area contributed by atoms with Crippen LogP contribution >= 0.6 is 0 Å². The van der Waals surface area contributed by atoms with Crippen molar-refractivity contribution in [3.05, 3.63) is 30.3 Å². The molecule has 0 aliphatic carbocycles. The molecule has 0 atom stereocenters. The number of rotatable bonds is 3. The van der Waals surface area contributed by atoms with Gasteiger partial charge in [0, 0.05) is 11.8 Å². The molecule has 0 bridgehead atoms. The van der Waals surface area contributed by atoms with E-state index in [1.54, 1.807) is 37.4 Å².